The highest BCUT2D eigenvalue weighted by Gasteiger charge is 2.25. The number of nitrogen functional groups attached to an aromatic ring is 2. The Labute approximate surface area is 186 Å². The van der Waals surface area contributed by atoms with Gasteiger partial charge in [-0.3, -0.25) is 0 Å². The molecule has 4 rings (SSSR count). The van der Waals surface area contributed by atoms with Crippen LogP contribution in [0, 0.1) is 0 Å². The molecule has 0 bridgehead atoms. The van der Waals surface area contributed by atoms with E-state index >= 15 is 0 Å². The Morgan fingerprint density at radius 1 is 0.906 bits per heavy atom. The van der Waals surface area contributed by atoms with Gasteiger partial charge in [0, 0.05) is 62.5 Å². The Hall–Kier alpha value is -4.13. The monoisotopic (exact) mass is 430 g/mol. The zero-order valence-electron chi connectivity index (χ0n) is 18.5. The van der Waals surface area contributed by atoms with Crippen molar-refractivity contribution in [2.75, 3.05) is 44.6 Å². The van der Waals surface area contributed by atoms with E-state index in [1.54, 1.807) is 6.07 Å². The van der Waals surface area contributed by atoms with Gasteiger partial charge >= 0.3 is 5.97 Å². The first-order chi connectivity index (χ1) is 15.2. The second-order valence-electron chi connectivity index (χ2n) is 8.23. The van der Waals surface area contributed by atoms with E-state index < -0.39 is 5.97 Å². The third-order valence-corrected chi connectivity index (χ3v) is 5.38. The normalized spacial score (nSPS) is 12.6. The lowest BCUT2D eigenvalue weighted by atomic mass is 9.89. The van der Waals surface area contributed by atoms with Crippen LogP contribution in [0.4, 0.5) is 17.1 Å². The number of carboxylic acid groups (broad SMARTS) is 1. The maximum atomic E-state index is 12.1. The molecule has 1 aliphatic heterocycles. The largest absolute Gasteiger partial charge is 0.478 e. The van der Waals surface area contributed by atoms with E-state index in [9.17, 15) is 9.90 Å². The number of benzene rings is 3. The molecule has 1 aliphatic rings. The second-order valence-corrected chi connectivity index (χ2v) is 8.23. The van der Waals surface area contributed by atoms with Gasteiger partial charge in [0.2, 0.25) is 0 Å². The van der Waals surface area contributed by atoms with Crippen LogP contribution >= 0.6 is 0 Å². The van der Waals surface area contributed by atoms with Gasteiger partial charge in [-0.05, 0) is 47.2 Å². The third-order valence-electron chi connectivity index (χ3n) is 5.38. The summed E-state index contributed by atoms with van der Waals surface area (Å²) in [6, 6.07) is 14.8. The predicted molar refractivity (Wildman–Crippen MR) is 129 cm³/mol. The van der Waals surface area contributed by atoms with Crippen LogP contribution in [0.15, 0.2) is 48.5 Å². The van der Waals surface area contributed by atoms with Crippen LogP contribution in [0.3, 0.4) is 0 Å². The highest BCUT2D eigenvalue weighted by molar-refractivity contribution is 6.00. The van der Waals surface area contributed by atoms with Crippen molar-refractivity contribution in [3.05, 3.63) is 75.7 Å². The number of rotatable bonds is 4. The molecule has 164 valence electrons. The minimum absolute atomic E-state index is 0.0890. The molecule has 3 aromatic carbocycles. The van der Waals surface area contributed by atoms with Crippen LogP contribution in [0.5, 0.6) is 11.5 Å². The molecule has 0 saturated carbocycles. The van der Waals surface area contributed by atoms with E-state index in [0.29, 0.717) is 22.7 Å². The molecule has 0 atom stereocenters. The van der Waals surface area contributed by atoms with Gasteiger partial charge in [-0.1, -0.05) is 6.07 Å². The summed E-state index contributed by atoms with van der Waals surface area (Å²) in [6.07, 6.45) is 1.99. The third kappa shape index (κ3) is 3.69. The van der Waals surface area contributed by atoms with E-state index in [1.165, 1.54) is 6.07 Å². The van der Waals surface area contributed by atoms with E-state index in [2.05, 4.69) is 0 Å². The van der Waals surface area contributed by atoms with Crippen molar-refractivity contribution in [2.45, 2.75) is 0 Å². The van der Waals surface area contributed by atoms with Gasteiger partial charge in [-0.25, -0.2) is 4.79 Å². The van der Waals surface area contributed by atoms with Gasteiger partial charge in [-0.2, -0.15) is 0 Å². The number of carbonyl (C=O) groups is 1. The Morgan fingerprint density at radius 3 is 2.28 bits per heavy atom. The molecule has 5 N–H and O–H groups in total. The van der Waals surface area contributed by atoms with Gasteiger partial charge in [0.25, 0.3) is 0 Å². The first kappa shape index (κ1) is 21.1. The Bertz CT molecular complexity index is 1360. The summed E-state index contributed by atoms with van der Waals surface area (Å²) in [7, 11) is 7.81. The molecule has 7 nitrogen and oxygen atoms in total. The molecule has 0 saturated heterocycles. The van der Waals surface area contributed by atoms with Crippen molar-refractivity contribution in [1.29, 1.82) is 0 Å². The van der Waals surface area contributed by atoms with Crippen LogP contribution in [0.25, 0.3) is 11.8 Å². The van der Waals surface area contributed by atoms with Crippen LogP contribution < -0.4 is 31.5 Å². The first-order valence-corrected chi connectivity index (χ1v) is 10.1. The fourth-order valence-corrected chi connectivity index (χ4v) is 3.86. The van der Waals surface area contributed by atoms with E-state index in [0.717, 1.165) is 27.3 Å². The molecule has 7 heteroatoms. The molecule has 0 radical (unpaired) electrons. The summed E-state index contributed by atoms with van der Waals surface area (Å²) in [5.74, 6) is 0.217. The van der Waals surface area contributed by atoms with Crippen LogP contribution in [0.1, 0.15) is 21.5 Å². The summed E-state index contributed by atoms with van der Waals surface area (Å²) in [4.78, 5) is 16.1. The lowest BCUT2D eigenvalue weighted by Gasteiger charge is -2.24. The lowest BCUT2D eigenvalue weighted by Crippen LogP contribution is -2.22. The van der Waals surface area contributed by atoms with Crippen LogP contribution in [0.2, 0.25) is 0 Å². The van der Waals surface area contributed by atoms with Gasteiger partial charge in [0.1, 0.15) is 11.5 Å². The van der Waals surface area contributed by atoms with Gasteiger partial charge < -0.3 is 31.1 Å². The molecular weight excluding hydrogens is 404 g/mol. The number of nitrogens with two attached hydrogens (primary N) is 2. The Kier molecular flexibility index (Phi) is 5.18. The van der Waals surface area contributed by atoms with E-state index in [4.69, 9.17) is 16.2 Å². The summed E-state index contributed by atoms with van der Waals surface area (Å²) >= 11 is 0. The SMILES string of the molecule is CN(C)C=c1ccc2c(c1)Oc1cc(N(C)C)ccc1C=2c1cc(N)c(N)cc1C(=O)O. The maximum absolute atomic E-state index is 12.1. The maximum Gasteiger partial charge on any atom is 0.336 e. The average molecular weight is 431 g/mol. The lowest BCUT2D eigenvalue weighted by molar-refractivity contribution is 0.0696. The number of hydrogen-bond donors (Lipinski definition) is 3. The van der Waals surface area contributed by atoms with Crippen molar-refractivity contribution >= 4 is 34.8 Å². The molecule has 32 heavy (non-hydrogen) atoms. The van der Waals surface area contributed by atoms with Crippen molar-refractivity contribution in [1.82, 2.24) is 4.90 Å². The number of nitrogens with zero attached hydrogens (tertiary/aromatic N) is 2. The highest BCUT2D eigenvalue weighted by Crippen LogP contribution is 2.40. The summed E-state index contributed by atoms with van der Waals surface area (Å²) in [6.45, 7) is 0. The average Bonchev–Trinajstić information content (AvgIpc) is 2.72. The van der Waals surface area contributed by atoms with Crippen molar-refractivity contribution in [2.24, 2.45) is 0 Å². The number of anilines is 3. The van der Waals surface area contributed by atoms with Crippen molar-refractivity contribution in [3.8, 4) is 11.5 Å². The Morgan fingerprint density at radius 2 is 1.62 bits per heavy atom. The fraction of sp³-hybridized carbons (Fsp3) is 0.160. The molecule has 0 amide bonds. The molecule has 0 aliphatic carbocycles. The fourth-order valence-electron chi connectivity index (χ4n) is 3.86. The number of hydrogen-bond acceptors (Lipinski definition) is 6. The van der Waals surface area contributed by atoms with E-state index in [1.807, 2.05) is 80.6 Å². The van der Waals surface area contributed by atoms with E-state index in [-0.39, 0.29) is 11.3 Å². The Balaban J connectivity index is 2.12. The zero-order chi connectivity index (χ0) is 23.2. The number of aromatic carboxylic acids is 1. The van der Waals surface area contributed by atoms with Crippen molar-refractivity contribution in [3.63, 3.8) is 0 Å². The first-order valence-electron chi connectivity index (χ1n) is 10.1. The minimum Gasteiger partial charge on any atom is -0.478 e. The smallest absolute Gasteiger partial charge is 0.336 e. The summed E-state index contributed by atoms with van der Waals surface area (Å²) in [5.41, 5.74) is 15.7. The quantitative estimate of drug-likeness (QED) is 0.427. The van der Waals surface area contributed by atoms with Crippen molar-refractivity contribution < 1.29 is 14.6 Å². The molecule has 0 spiro atoms. The zero-order valence-corrected chi connectivity index (χ0v) is 18.5. The number of ether oxygens (including phenoxy) is 1. The van der Waals surface area contributed by atoms with Crippen LogP contribution in [-0.4, -0.2) is 44.2 Å². The van der Waals surface area contributed by atoms with Gasteiger partial charge in [0.05, 0.1) is 16.9 Å². The molecule has 0 aromatic heterocycles. The molecule has 1 heterocycles. The highest BCUT2D eigenvalue weighted by atomic mass is 16.5. The predicted octanol–water partition coefficient (Wildman–Crippen LogP) is 2.27. The molecule has 0 fully saturated rings. The number of carboxylic acids is 1. The molecular formula is C25H26N4O3. The van der Waals surface area contributed by atoms with Crippen LogP contribution in [-0.2, 0) is 0 Å². The molecule has 3 aromatic rings. The standard InChI is InChI=1S/C25H26N4O3/c1-28(2)13-14-5-7-16-22(9-14)32-23-10-15(29(3)4)6-8-17(23)24(16)18-11-20(26)21(27)12-19(18)25(30)31/h5-13H,26-27H2,1-4H3,(H,30,31). The summed E-state index contributed by atoms with van der Waals surface area (Å²) < 4.78 is 6.31. The second kappa shape index (κ2) is 7.85. The van der Waals surface area contributed by atoms with Gasteiger partial charge in [0.15, 0.2) is 0 Å². The van der Waals surface area contributed by atoms with Gasteiger partial charge in [-0.15, -0.1) is 0 Å². The summed E-state index contributed by atoms with van der Waals surface area (Å²) in [5, 5.41) is 11.7. The topological polar surface area (TPSA) is 105 Å². The molecule has 0 unspecified atom stereocenters. The number of fused-ring (bicyclic) bond motifs is 2. The minimum atomic E-state index is -1.07.